The maximum atomic E-state index is 5.79. The van der Waals surface area contributed by atoms with Crippen LogP contribution in [0.15, 0.2) is 40.3 Å². The van der Waals surface area contributed by atoms with Gasteiger partial charge in [0.25, 0.3) is 0 Å². The Morgan fingerprint density at radius 3 is 2.87 bits per heavy atom. The second-order valence-corrected chi connectivity index (χ2v) is 5.88. The van der Waals surface area contributed by atoms with Gasteiger partial charge in [0.15, 0.2) is 0 Å². The van der Waals surface area contributed by atoms with E-state index in [-0.39, 0.29) is 6.10 Å². The molecule has 0 radical (unpaired) electrons. The lowest BCUT2D eigenvalue weighted by Crippen LogP contribution is -2.39. The molecule has 0 saturated carbocycles. The van der Waals surface area contributed by atoms with Crippen LogP contribution in [0.1, 0.15) is 37.3 Å². The highest BCUT2D eigenvalue weighted by atomic mass is 16.5. The Morgan fingerprint density at radius 1 is 1.30 bits per heavy atom. The molecular weight excluding hydrogens is 290 g/mol. The SMILES string of the molecule is CCc1nnc(C2CN(CC(C)=Cc3ccccc3)CCO2)o1. The lowest BCUT2D eigenvalue weighted by atomic mass is 10.1. The minimum Gasteiger partial charge on any atom is -0.422 e. The summed E-state index contributed by atoms with van der Waals surface area (Å²) in [4.78, 5) is 2.37. The molecule has 1 aliphatic rings. The minimum absolute atomic E-state index is 0.124. The number of hydrogen-bond acceptors (Lipinski definition) is 5. The van der Waals surface area contributed by atoms with E-state index in [0.29, 0.717) is 18.4 Å². The van der Waals surface area contributed by atoms with Gasteiger partial charge in [-0.2, -0.15) is 0 Å². The third kappa shape index (κ3) is 4.27. The van der Waals surface area contributed by atoms with Crippen LogP contribution in [-0.2, 0) is 11.2 Å². The summed E-state index contributed by atoms with van der Waals surface area (Å²) in [7, 11) is 0. The molecule has 0 spiro atoms. The number of morpholine rings is 1. The molecule has 5 heteroatoms. The number of rotatable bonds is 5. The van der Waals surface area contributed by atoms with Crippen molar-refractivity contribution in [1.29, 1.82) is 0 Å². The fourth-order valence-corrected chi connectivity index (χ4v) is 2.77. The highest BCUT2D eigenvalue weighted by molar-refractivity contribution is 5.52. The first-order valence-corrected chi connectivity index (χ1v) is 8.13. The van der Waals surface area contributed by atoms with Crippen molar-refractivity contribution in [2.24, 2.45) is 0 Å². The van der Waals surface area contributed by atoms with Crippen LogP contribution in [0.2, 0.25) is 0 Å². The van der Waals surface area contributed by atoms with Gasteiger partial charge in [0.1, 0.15) is 6.10 Å². The summed E-state index contributed by atoms with van der Waals surface area (Å²) in [6.45, 7) is 7.48. The molecule has 0 aliphatic carbocycles. The van der Waals surface area contributed by atoms with Gasteiger partial charge in [-0.3, -0.25) is 4.90 Å². The quantitative estimate of drug-likeness (QED) is 0.849. The summed E-state index contributed by atoms with van der Waals surface area (Å²) in [5.74, 6) is 1.26. The van der Waals surface area contributed by atoms with Crippen LogP contribution in [0.25, 0.3) is 6.08 Å². The van der Waals surface area contributed by atoms with Crippen molar-refractivity contribution in [3.8, 4) is 0 Å². The normalized spacial score (nSPS) is 19.9. The third-order valence-corrected chi connectivity index (χ3v) is 3.90. The Kier molecular flexibility index (Phi) is 5.20. The molecule has 2 heterocycles. The highest BCUT2D eigenvalue weighted by Crippen LogP contribution is 2.22. The van der Waals surface area contributed by atoms with E-state index in [0.717, 1.165) is 26.1 Å². The van der Waals surface area contributed by atoms with Crippen LogP contribution in [-0.4, -0.2) is 41.3 Å². The Morgan fingerprint density at radius 2 is 2.13 bits per heavy atom. The Labute approximate surface area is 137 Å². The zero-order valence-electron chi connectivity index (χ0n) is 13.7. The number of benzene rings is 1. The van der Waals surface area contributed by atoms with Gasteiger partial charge in [0, 0.05) is 26.1 Å². The summed E-state index contributed by atoms with van der Waals surface area (Å²) in [6.07, 6.45) is 2.86. The van der Waals surface area contributed by atoms with Crippen LogP contribution in [0, 0.1) is 0 Å². The predicted molar refractivity (Wildman–Crippen MR) is 88.9 cm³/mol. The highest BCUT2D eigenvalue weighted by Gasteiger charge is 2.26. The molecule has 0 amide bonds. The average molecular weight is 313 g/mol. The van der Waals surface area contributed by atoms with E-state index < -0.39 is 0 Å². The van der Waals surface area contributed by atoms with E-state index in [9.17, 15) is 0 Å². The van der Waals surface area contributed by atoms with Crippen LogP contribution in [0.5, 0.6) is 0 Å². The van der Waals surface area contributed by atoms with Crippen molar-refractivity contribution < 1.29 is 9.15 Å². The summed E-state index contributed by atoms with van der Waals surface area (Å²) in [5, 5.41) is 8.13. The van der Waals surface area contributed by atoms with Gasteiger partial charge in [0.2, 0.25) is 11.8 Å². The molecule has 1 aromatic heterocycles. The molecule has 1 unspecified atom stereocenters. The Hall–Kier alpha value is -1.98. The average Bonchev–Trinajstić information content (AvgIpc) is 3.05. The van der Waals surface area contributed by atoms with Gasteiger partial charge < -0.3 is 9.15 Å². The molecule has 2 aromatic rings. The molecule has 1 aromatic carbocycles. The molecular formula is C18H23N3O2. The van der Waals surface area contributed by atoms with Crippen molar-refractivity contribution in [2.75, 3.05) is 26.2 Å². The molecule has 5 nitrogen and oxygen atoms in total. The van der Waals surface area contributed by atoms with Crippen LogP contribution in [0.4, 0.5) is 0 Å². The summed E-state index contributed by atoms with van der Waals surface area (Å²) >= 11 is 0. The van der Waals surface area contributed by atoms with E-state index in [1.807, 2.05) is 13.0 Å². The molecule has 0 bridgehead atoms. The van der Waals surface area contributed by atoms with Crippen LogP contribution >= 0.6 is 0 Å². The molecule has 23 heavy (non-hydrogen) atoms. The Balaban J connectivity index is 1.61. The maximum absolute atomic E-state index is 5.79. The molecule has 122 valence electrons. The van der Waals surface area contributed by atoms with Crippen LogP contribution < -0.4 is 0 Å². The van der Waals surface area contributed by atoms with Crippen LogP contribution in [0.3, 0.4) is 0 Å². The zero-order chi connectivity index (χ0) is 16.1. The van der Waals surface area contributed by atoms with Gasteiger partial charge in [-0.25, -0.2) is 0 Å². The first-order chi connectivity index (χ1) is 11.2. The number of aromatic nitrogens is 2. The van der Waals surface area contributed by atoms with Gasteiger partial charge in [-0.05, 0) is 12.5 Å². The number of nitrogens with zero attached hydrogens (tertiary/aromatic N) is 3. The standard InChI is InChI=1S/C18H23N3O2/c1-3-17-19-20-18(23-17)16-13-21(9-10-22-16)12-14(2)11-15-7-5-4-6-8-15/h4-8,11,16H,3,9-10,12-13H2,1-2H3. The summed E-state index contributed by atoms with van der Waals surface area (Å²) < 4.78 is 11.4. The van der Waals surface area contributed by atoms with Crippen molar-refractivity contribution in [3.63, 3.8) is 0 Å². The number of hydrogen-bond donors (Lipinski definition) is 0. The topological polar surface area (TPSA) is 51.4 Å². The van der Waals surface area contributed by atoms with E-state index in [1.54, 1.807) is 0 Å². The second-order valence-electron chi connectivity index (χ2n) is 5.88. The van der Waals surface area contributed by atoms with E-state index in [1.165, 1.54) is 11.1 Å². The first kappa shape index (κ1) is 15.9. The third-order valence-electron chi connectivity index (χ3n) is 3.90. The van der Waals surface area contributed by atoms with Crippen molar-refractivity contribution in [3.05, 3.63) is 53.2 Å². The monoisotopic (exact) mass is 313 g/mol. The molecule has 3 rings (SSSR count). The van der Waals surface area contributed by atoms with Crippen molar-refractivity contribution >= 4 is 6.08 Å². The smallest absolute Gasteiger partial charge is 0.246 e. The molecule has 1 fully saturated rings. The largest absolute Gasteiger partial charge is 0.422 e. The lowest BCUT2D eigenvalue weighted by molar-refractivity contribution is -0.0401. The fourth-order valence-electron chi connectivity index (χ4n) is 2.77. The van der Waals surface area contributed by atoms with Gasteiger partial charge in [-0.1, -0.05) is 48.9 Å². The van der Waals surface area contributed by atoms with E-state index >= 15 is 0 Å². The summed E-state index contributed by atoms with van der Waals surface area (Å²) in [5.41, 5.74) is 2.57. The van der Waals surface area contributed by atoms with Gasteiger partial charge in [-0.15, -0.1) is 10.2 Å². The van der Waals surface area contributed by atoms with Gasteiger partial charge in [0.05, 0.1) is 6.61 Å². The van der Waals surface area contributed by atoms with Gasteiger partial charge >= 0.3 is 0 Å². The fraction of sp³-hybridized carbons (Fsp3) is 0.444. The predicted octanol–water partition coefficient (Wildman–Crippen LogP) is 3.11. The maximum Gasteiger partial charge on any atom is 0.246 e. The molecule has 1 saturated heterocycles. The molecule has 0 N–H and O–H groups in total. The summed E-state index contributed by atoms with van der Waals surface area (Å²) in [6, 6.07) is 10.4. The minimum atomic E-state index is -0.124. The van der Waals surface area contributed by atoms with Crippen molar-refractivity contribution in [2.45, 2.75) is 26.4 Å². The number of aryl methyl sites for hydroxylation is 1. The zero-order valence-corrected chi connectivity index (χ0v) is 13.7. The van der Waals surface area contributed by atoms with Crippen molar-refractivity contribution in [1.82, 2.24) is 15.1 Å². The first-order valence-electron chi connectivity index (χ1n) is 8.13. The lowest BCUT2D eigenvalue weighted by Gasteiger charge is -2.31. The molecule has 1 atom stereocenters. The van der Waals surface area contributed by atoms with E-state index in [2.05, 4.69) is 52.4 Å². The van der Waals surface area contributed by atoms with E-state index in [4.69, 9.17) is 9.15 Å². The second kappa shape index (κ2) is 7.53. The number of ether oxygens (including phenoxy) is 1. The Bertz CT molecular complexity index is 651. The molecule has 1 aliphatic heterocycles.